The molecule has 0 saturated carbocycles. The van der Waals surface area contributed by atoms with Crippen molar-refractivity contribution in [3.63, 3.8) is 0 Å². The number of hydrogen-bond donors (Lipinski definition) is 2. The van der Waals surface area contributed by atoms with E-state index in [0.29, 0.717) is 18.5 Å². The van der Waals surface area contributed by atoms with E-state index in [1.54, 1.807) is 6.20 Å². The number of aromatic nitrogens is 1. The molecule has 1 aromatic heterocycles. The summed E-state index contributed by atoms with van der Waals surface area (Å²) in [6.45, 7) is 2.57. The number of nitrogens with zero attached hydrogens (tertiary/aromatic N) is 2. The van der Waals surface area contributed by atoms with Crippen molar-refractivity contribution in [3.05, 3.63) is 36.0 Å². The first kappa shape index (κ1) is 15.9. The molecule has 1 aromatic carbocycles. The van der Waals surface area contributed by atoms with Crippen LogP contribution in [-0.2, 0) is 4.79 Å². The lowest BCUT2D eigenvalue weighted by molar-refractivity contribution is -0.124. The van der Waals surface area contributed by atoms with Crippen molar-refractivity contribution < 1.29 is 9.59 Å². The molecule has 1 atom stereocenters. The van der Waals surface area contributed by atoms with Crippen molar-refractivity contribution in [3.8, 4) is 0 Å². The zero-order chi connectivity index (χ0) is 17.2. The Bertz CT molecular complexity index is 814. The Morgan fingerprint density at radius 1 is 1.20 bits per heavy atom. The SMILES string of the molecule is O=C(NC1CCCNC1=O)c1cnc2ccccc2c1N1CCCC1. The molecule has 25 heavy (non-hydrogen) atoms. The van der Waals surface area contributed by atoms with E-state index >= 15 is 0 Å². The van der Waals surface area contributed by atoms with Crippen molar-refractivity contribution in [2.45, 2.75) is 31.7 Å². The summed E-state index contributed by atoms with van der Waals surface area (Å²) in [5, 5.41) is 6.70. The van der Waals surface area contributed by atoms with E-state index in [1.165, 1.54) is 0 Å². The second kappa shape index (κ2) is 6.70. The van der Waals surface area contributed by atoms with Gasteiger partial charge in [-0.3, -0.25) is 14.6 Å². The predicted molar refractivity (Wildman–Crippen MR) is 96.7 cm³/mol. The summed E-state index contributed by atoms with van der Waals surface area (Å²) in [7, 11) is 0. The highest BCUT2D eigenvalue weighted by Crippen LogP contribution is 2.32. The molecule has 2 fully saturated rings. The average molecular weight is 338 g/mol. The molecule has 0 spiro atoms. The van der Waals surface area contributed by atoms with E-state index < -0.39 is 6.04 Å². The number of carbonyl (C=O) groups is 2. The summed E-state index contributed by atoms with van der Waals surface area (Å²) >= 11 is 0. The highest BCUT2D eigenvalue weighted by Gasteiger charge is 2.27. The minimum atomic E-state index is -0.459. The number of benzene rings is 1. The highest BCUT2D eigenvalue weighted by molar-refractivity contribution is 6.08. The van der Waals surface area contributed by atoms with Crippen molar-refractivity contribution in [1.29, 1.82) is 0 Å². The summed E-state index contributed by atoms with van der Waals surface area (Å²) in [6, 6.07) is 7.44. The van der Waals surface area contributed by atoms with Crippen LogP contribution in [0.15, 0.2) is 30.5 Å². The highest BCUT2D eigenvalue weighted by atomic mass is 16.2. The van der Waals surface area contributed by atoms with Crippen LogP contribution in [0.3, 0.4) is 0 Å². The Hall–Kier alpha value is -2.63. The molecule has 2 saturated heterocycles. The molecule has 2 aliphatic rings. The third-order valence-corrected chi connectivity index (χ3v) is 5.00. The normalized spacial score (nSPS) is 20.6. The summed E-state index contributed by atoms with van der Waals surface area (Å²) in [5.74, 6) is -0.321. The lowest BCUT2D eigenvalue weighted by Crippen LogP contribution is -2.50. The van der Waals surface area contributed by atoms with Crippen LogP contribution in [0.5, 0.6) is 0 Å². The molecule has 2 amide bonds. The number of piperidine rings is 1. The molecule has 4 rings (SSSR count). The number of amides is 2. The molecule has 2 aliphatic heterocycles. The van der Waals surface area contributed by atoms with Crippen molar-refractivity contribution in [1.82, 2.24) is 15.6 Å². The maximum Gasteiger partial charge on any atom is 0.255 e. The fourth-order valence-corrected chi connectivity index (χ4v) is 3.72. The zero-order valence-corrected chi connectivity index (χ0v) is 14.1. The van der Waals surface area contributed by atoms with E-state index in [1.807, 2.05) is 24.3 Å². The number of nitrogens with one attached hydrogen (secondary N) is 2. The molecule has 3 heterocycles. The van der Waals surface area contributed by atoms with Gasteiger partial charge in [-0.05, 0) is 31.7 Å². The number of rotatable bonds is 3. The molecule has 130 valence electrons. The van der Waals surface area contributed by atoms with Crippen molar-refractivity contribution in [2.75, 3.05) is 24.5 Å². The lowest BCUT2D eigenvalue weighted by Gasteiger charge is -2.26. The molecule has 0 aliphatic carbocycles. The molecule has 1 unspecified atom stereocenters. The second-order valence-electron chi connectivity index (χ2n) is 6.69. The predicted octanol–water partition coefficient (Wildman–Crippen LogP) is 1.84. The minimum absolute atomic E-state index is 0.101. The zero-order valence-electron chi connectivity index (χ0n) is 14.1. The lowest BCUT2D eigenvalue weighted by atomic mass is 10.0. The number of anilines is 1. The van der Waals surface area contributed by atoms with Crippen molar-refractivity contribution in [2.24, 2.45) is 0 Å². The van der Waals surface area contributed by atoms with Gasteiger partial charge in [0, 0.05) is 31.2 Å². The number of fused-ring (bicyclic) bond motifs is 1. The van der Waals surface area contributed by atoms with Gasteiger partial charge in [0.15, 0.2) is 0 Å². The van der Waals surface area contributed by atoms with E-state index in [9.17, 15) is 9.59 Å². The molecule has 2 N–H and O–H groups in total. The molecule has 6 nitrogen and oxygen atoms in total. The van der Waals surface area contributed by atoms with Gasteiger partial charge in [0.25, 0.3) is 5.91 Å². The first-order chi connectivity index (χ1) is 12.2. The molecule has 2 aromatic rings. The number of carbonyl (C=O) groups excluding carboxylic acids is 2. The summed E-state index contributed by atoms with van der Waals surface area (Å²) in [6.07, 6.45) is 5.46. The van der Waals surface area contributed by atoms with Gasteiger partial charge in [0.2, 0.25) is 5.91 Å². The fraction of sp³-hybridized carbons (Fsp3) is 0.421. The van der Waals surface area contributed by atoms with E-state index in [4.69, 9.17) is 0 Å². The Kier molecular flexibility index (Phi) is 4.26. The van der Waals surface area contributed by atoms with Crippen LogP contribution in [0, 0.1) is 0 Å². The Morgan fingerprint density at radius 2 is 2.00 bits per heavy atom. The van der Waals surface area contributed by atoms with Crippen LogP contribution < -0.4 is 15.5 Å². The standard InChI is InChI=1S/C19H22N4O2/c24-18(22-16-8-5-9-20-19(16)25)14-12-21-15-7-2-1-6-13(15)17(14)23-10-3-4-11-23/h1-2,6-7,12,16H,3-5,8-11H2,(H,20,25)(H,22,24). The monoisotopic (exact) mass is 338 g/mol. The van der Waals surface area contributed by atoms with Gasteiger partial charge < -0.3 is 15.5 Å². The summed E-state index contributed by atoms with van der Waals surface area (Å²) in [4.78, 5) is 31.6. The van der Waals surface area contributed by atoms with Gasteiger partial charge in [-0.1, -0.05) is 18.2 Å². The fourth-order valence-electron chi connectivity index (χ4n) is 3.72. The van der Waals surface area contributed by atoms with Gasteiger partial charge in [-0.15, -0.1) is 0 Å². The molecular formula is C19H22N4O2. The van der Waals surface area contributed by atoms with Gasteiger partial charge in [0.1, 0.15) is 6.04 Å². The van der Waals surface area contributed by atoms with Crippen molar-refractivity contribution >= 4 is 28.4 Å². The van der Waals surface area contributed by atoms with Gasteiger partial charge >= 0.3 is 0 Å². The minimum Gasteiger partial charge on any atom is -0.370 e. The smallest absolute Gasteiger partial charge is 0.255 e. The first-order valence-electron chi connectivity index (χ1n) is 8.95. The van der Waals surface area contributed by atoms with Gasteiger partial charge in [-0.2, -0.15) is 0 Å². The van der Waals surface area contributed by atoms with Crippen LogP contribution in [0.2, 0.25) is 0 Å². The maximum atomic E-state index is 12.9. The van der Waals surface area contributed by atoms with Gasteiger partial charge in [-0.25, -0.2) is 0 Å². The van der Waals surface area contributed by atoms with Crippen LogP contribution >= 0.6 is 0 Å². The summed E-state index contributed by atoms with van der Waals surface area (Å²) in [5.41, 5.74) is 2.38. The van der Waals surface area contributed by atoms with E-state index in [0.717, 1.165) is 48.9 Å². The molecule has 0 bridgehead atoms. The third kappa shape index (κ3) is 3.04. The van der Waals surface area contributed by atoms with E-state index in [2.05, 4.69) is 20.5 Å². The largest absolute Gasteiger partial charge is 0.370 e. The number of para-hydroxylation sites is 1. The van der Waals surface area contributed by atoms with Crippen LogP contribution in [-0.4, -0.2) is 42.5 Å². The Labute approximate surface area is 146 Å². The quantitative estimate of drug-likeness (QED) is 0.896. The third-order valence-electron chi connectivity index (χ3n) is 5.00. The van der Waals surface area contributed by atoms with E-state index in [-0.39, 0.29) is 11.8 Å². The average Bonchev–Trinajstić information content (AvgIpc) is 3.17. The van der Waals surface area contributed by atoms with Crippen LogP contribution in [0.25, 0.3) is 10.9 Å². The maximum absolute atomic E-state index is 12.9. The van der Waals surface area contributed by atoms with Crippen LogP contribution in [0.1, 0.15) is 36.0 Å². The molecular weight excluding hydrogens is 316 g/mol. The number of pyridine rings is 1. The molecule has 6 heteroatoms. The second-order valence-corrected chi connectivity index (χ2v) is 6.69. The summed E-state index contributed by atoms with van der Waals surface area (Å²) < 4.78 is 0. The first-order valence-corrected chi connectivity index (χ1v) is 8.95. The topological polar surface area (TPSA) is 74.3 Å². The Balaban J connectivity index is 1.71. The van der Waals surface area contributed by atoms with Crippen LogP contribution in [0.4, 0.5) is 5.69 Å². The molecule has 0 radical (unpaired) electrons. The Morgan fingerprint density at radius 3 is 2.80 bits per heavy atom. The number of hydrogen-bond acceptors (Lipinski definition) is 4. The van der Waals surface area contributed by atoms with Gasteiger partial charge in [0.05, 0.1) is 16.8 Å².